The van der Waals surface area contributed by atoms with Gasteiger partial charge in [0.25, 0.3) is 0 Å². The molecule has 0 amide bonds. The van der Waals surface area contributed by atoms with Gasteiger partial charge in [-0.2, -0.15) is 0 Å². The van der Waals surface area contributed by atoms with Gasteiger partial charge in [0.15, 0.2) is 5.13 Å². The maximum absolute atomic E-state index is 4.41. The minimum atomic E-state index is 0.697. The predicted octanol–water partition coefficient (Wildman–Crippen LogP) is 2.60. The lowest BCUT2D eigenvalue weighted by Crippen LogP contribution is -2.28. The Morgan fingerprint density at radius 2 is 2.25 bits per heavy atom. The largest absolute Gasteiger partial charge is 0.361 e. The second kappa shape index (κ2) is 5.64. The van der Waals surface area contributed by atoms with E-state index in [2.05, 4.69) is 27.5 Å². The number of aromatic nitrogens is 1. The lowest BCUT2D eigenvalue weighted by Gasteiger charge is -2.20. The molecule has 1 saturated heterocycles. The van der Waals surface area contributed by atoms with Crippen molar-refractivity contribution in [1.82, 2.24) is 9.88 Å². The molecule has 3 nitrogen and oxygen atoms in total. The standard InChI is InChI=1S/C12H21N3S/c1-10(8-15-5-3-4-6-15)7-13-12-14-11(2)9-16-12/h9-10H,3-8H2,1-2H3,(H,13,14). The van der Waals surface area contributed by atoms with Gasteiger partial charge < -0.3 is 10.2 Å². The summed E-state index contributed by atoms with van der Waals surface area (Å²) >= 11 is 1.70. The summed E-state index contributed by atoms with van der Waals surface area (Å²) in [7, 11) is 0. The van der Waals surface area contributed by atoms with E-state index < -0.39 is 0 Å². The average Bonchev–Trinajstić information content (AvgIpc) is 2.87. The van der Waals surface area contributed by atoms with Crippen LogP contribution in [0.25, 0.3) is 0 Å². The van der Waals surface area contributed by atoms with Gasteiger partial charge in [-0.1, -0.05) is 6.92 Å². The van der Waals surface area contributed by atoms with E-state index in [0.717, 1.165) is 17.4 Å². The summed E-state index contributed by atoms with van der Waals surface area (Å²) in [4.78, 5) is 6.98. The number of nitrogens with zero attached hydrogens (tertiary/aromatic N) is 2. The molecule has 0 radical (unpaired) electrons. The molecule has 2 heterocycles. The Morgan fingerprint density at radius 3 is 2.88 bits per heavy atom. The van der Waals surface area contributed by atoms with Gasteiger partial charge in [0.2, 0.25) is 0 Å². The van der Waals surface area contributed by atoms with Crippen LogP contribution in [0.3, 0.4) is 0 Å². The molecule has 1 N–H and O–H groups in total. The summed E-state index contributed by atoms with van der Waals surface area (Å²) in [6.45, 7) is 9.18. The molecule has 4 heteroatoms. The van der Waals surface area contributed by atoms with Crippen molar-refractivity contribution >= 4 is 16.5 Å². The first-order chi connectivity index (χ1) is 7.74. The second-order valence-electron chi connectivity index (χ2n) is 4.79. The van der Waals surface area contributed by atoms with E-state index in [9.17, 15) is 0 Å². The highest BCUT2D eigenvalue weighted by molar-refractivity contribution is 7.13. The Morgan fingerprint density at radius 1 is 1.50 bits per heavy atom. The van der Waals surface area contributed by atoms with Crippen molar-refractivity contribution in [3.63, 3.8) is 0 Å². The van der Waals surface area contributed by atoms with Crippen LogP contribution in [0.4, 0.5) is 5.13 Å². The third-order valence-corrected chi connectivity index (χ3v) is 3.91. The molecule has 1 aromatic rings. The fourth-order valence-electron chi connectivity index (χ4n) is 2.17. The van der Waals surface area contributed by atoms with Gasteiger partial charge in [0.1, 0.15) is 0 Å². The summed E-state index contributed by atoms with van der Waals surface area (Å²) < 4.78 is 0. The SMILES string of the molecule is Cc1csc(NCC(C)CN2CCCC2)n1. The monoisotopic (exact) mass is 239 g/mol. The smallest absolute Gasteiger partial charge is 0.182 e. The number of hydrogen-bond acceptors (Lipinski definition) is 4. The number of rotatable bonds is 5. The van der Waals surface area contributed by atoms with Crippen molar-refractivity contribution < 1.29 is 0 Å². The summed E-state index contributed by atoms with van der Waals surface area (Å²) in [5, 5.41) is 6.57. The zero-order valence-corrected chi connectivity index (χ0v) is 11.0. The number of thiazole rings is 1. The average molecular weight is 239 g/mol. The van der Waals surface area contributed by atoms with Gasteiger partial charge in [-0.15, -0.1) is 11.3 Å². The molecule has 0 spiro atoms. The molecular weight excluding hydrogens is 218 g/mol. The van der Waals surface area contributed by atoms with Gasteiger partial charge in [-0.3, -0.25) is 0 Å². The van der Waals surface area contributed by atoms with Crippen LogP contribution in [0, 0.1) is 12.8 Å². The number of aryl methyl sites for hydroxylation is 1. The first-order valence-electron chi connectivity index (χ1n) is 6.12. The summed E-state index contributed by atoms with van der Waals surface area (Å²) in [5.74, 6) is 0.697. The van der Waals surface area contributed by atoms with E-state index in [-0.39, 0.29) is 0 Å². The van der Waals surface area contributed by atoms with Gasteiger partial charge in [0.05, 0.1) is 5.69 Å². The molecule has 0 saturated carbocycles. The molecule has 0 bridgehead atoms. The number of likely N-dealkylation sites (tertiary alicyclic amines) is 1. The maximum atomic E-state index is 4.41. The zero-order valence-electron chi connectivity index (χ0n) is 10.2. The molecule has 1 unspecified atom stereocenters. The molecule has 0 aromatic carbocycles. The van der Waals surface area contributed by atoms with Crippen molar-refractivity contribution in [3.05, 3.63) is 11.1 Å². The van der Waals surface area contributed by atoms with Crippen molar-refractivity contribution in [1.29, 1.82) is 0 Å². The highest BCUT2D eigenvalue weighted by atomic mass is 32.1. The minimum Gasteiger partial charge on any atom is -0.361 e. The molecule has 16 heavy (non-hydrogen) atoms. The Hall–Kier alpha value is -0.610. The summed E-state index contributed by atoms with van der Waals surface area (Å²) in [6.07, 6.45) is 2.76. The third-order valence-electron chi connectivity index (χ3n) is 2.99. The fraction of sp³-hybridized carbons (Fsp3) is 0.750. The van der Waals surface area contributed by atoms with E-state index in [1.165, 1.54) is 32.5 Å². The fourth-order valence-corrected chi connectivity index (χ4v) is 2.87. The van der Waals surface area contributed by atoms with E-state index in [1.54, 1.807) is 11.3 Å². The van der Waals surface area contributed by atoms with Crippen molar-refractivity contribution in [2.45, 2.75) is 26.7 Å². The molecular formula is C12H21N3S. The lowest BCUT2D eigenvalue weighted by atomic mass is 10.2. The first-order valence-corrected chi connectivity index (χ1v) is 7.00. The summed E-state index contributed by atoms with van der Waals surface area (Å²) in [5.41, 5.74) is 1.11. The maximum Gasteiger partial charge on any atom is 0.182 e. The van der Waals surface area contributed by atoms with E-state index >= 15 is 0 Å². The zero-order chi connectivity index (χ0) is 11.4. The highest BCUT2D eigenvalue weighted by Gasteiger charge is 2.14. The molecule has 1 aliphatic heterocycles. The lowest BCUT2D eigenvalue weighted by molar-refractivity contribution is 0.294. The van der Waals surface area contributed by atoms with Crippen LogP contribution < -0.4 is 5.32 Å². The highest BCUT2D eigenvalue weighted by Crippen LogP contribution is 2.15. The van der Waals surface area contributed by atoms with E-state index in [0.29, 0.717) is 5.92 Å². The number of nitrogens with one attached hydrogen (secondary N) is 1. The van der Waals surface area contributed by atoms with Gasteiger partial charge in [-0.05, 0) is 38.8 Å². The topological polar surface area (TPSA) is 28.2 Å². The molecule has 90 valence electrons. The van der Waals surface area contributed by atoms with Crippen LogP contribution in [0.15, 0.2) is 5.38 Å². The first kappa shape index (κ1) is 11.9. The van der Waals surface area contributed by atoms with Crippen molar-refractivity contribution in [3.8, 4) is 0 Å². The molecule has 1 aromatic heterocycles. The van der Waals surface area contributed by atoms with E-state index in [1.807, 2.05) is 6.92 Å². The number of hydrogen-bond donors (Lipinski definition) is 1. The molecule has 1 atom stereocenters. The van der Waals surface area contributed by atoms with Crippen molar-refractivity contribution in [2.75, 3.05) is 31.5 Å². The van der Waals surface area contributed by atoms with Crippen LogP contribution in [0.1, 0.15) is 25.5 Å². The van der Waals surface area contributed by atoms with Gasteiger partial charge in [0, 0.05) is 18.5 Å². The number of anilines is 1. The second-order valence-corrected chi connectivity index (χ2v) is 5.65. The van der Waals surface area contributed by atoms with Crippen LogP contribution in [-0.4, -0.2) is 36.1 Å². The van der Waals surface area contributed by atoms with E-state index in [4.69, 9.17) is 0 Å². The van der Waals surface area contributed by atoms with Crippen LogP contribution in [0.2, 0.25) is 0 Å². The summed E-state index contributed by atoms with van der Waals surface area (Å²) in [6, 6.07) is 0. The Bertz CT molecular complexity index is 318. The Kier molecular flexibility index (Phi) is 4.18. The van der Waals surface area contributed by atoms with Gasteiger partial charge >= 0.3 is 0 Å². The Labute approximate surface area is 102 Å². The molecule has 2 rings (SSSR count). The quantitative estimate of drug-likeness (QED) is 0.856. The third kappa shape index (κ3) is 3.46. The molecule has 0 aliphatic carbocycles. The molecule has 1 aliphatic rings. The predicted molar refractivity (Wildman–Crippen MR) is 70.2 cm³/mol. The minimum absolute atomic E-state index is 0.697. The van der Waals surface area contributed by atoms with Crippen LogP contribution in [0.5, 0.6) is 0 Å². The van der Waals surface area contributed by atoms with Gasteiger partial charge in [-0.25, -0.2) is 4.98 Å². The normalized spacial score (nSPS) is 18.9. The van der Waals surface area contributed by atoms with Crippen LogP contribution in [-0.2, 0) is 0 Å². The van der Waals surface area contributed by atoms with Crippen LogP contribution >= 0.6 is 11.3 Å². The van der Waals surface area contributed by atoms with Crippen molar-refractivity contribution in [2.24, 2.45) is 5.92 Å². The molecule has 1 fully saturated rings. The Balaban J connectivity index is 1.68.